The lowest BCUT2D eigenvalue weighted by molar-refractivity contribution is -0.136. The quantitative estimate of drug-likeness (QED) is 0.838. The van der Waals surface area contributed by atoms with Crippen LogP contribution in [0.1, 0.15) is 31.7 Å². The van der Waals surface area contributed by atoms with Gasteiger partial charge in [0.05, 0.1) is 11.3 Å². The van der Waals surface area contributed by atoms with E-state index in [9.17, 15) is 13.2 Å². The summed E-state index contributed by atoms with van der Waals surface area (Å²) in [4.78, 5) is 10.7. The largest absolute Gasteiger partial charge is 0.481 e. The molecule has 20 heavy (non-hydrogen) atoms. The van der Waals surface area contributed by atoms with Gasteiger partial charge in [-0.25, -0.2) is 13.1 Å². The van der Waals surface area contributed by atoms with E-state index < -0.39 is 16.0 Å². The second-order valence-corrected chi connectivity index (χ2v) is 7.47. The average molecular weight is 297 g/mol. The molecule has 0 saturated heterocycles. The Morgan fingerprint density at radius 1 is 1.30 bits per heavy atom. The molecule has 0 aromatic heterocycles. The molecule has 0 bridgehead atoms. The van der Waals surface area contributed by atoms with Crippen LogP contribution in [0.3, 0.4) is 0 Å². The molecule has 0 atom stereocenters. The fourth-order valence-corrected chi connectivity index (χ4v) is 3.47. The third-order valence-electron chi connectivity index (χ3n) is 3.84. The van der Waals surface area contributed by atoms with Crippen molar-refractivity contribution in [2.75, 3.05) is 6.54 Å². The SMILES string of the molecule is CC1(CNS(=O)(=O)c2ccc(CC(=O)O)cc2)CCC1. The van der Waals surface area contributed by atoms with Crippen LogP contribution in [0.4, 0.5) is 0 Å². The molecule has 6 heteroatoms. The van der Waals surface area contributed by atoms with E-state index in [0.29, 0.717) is 12.1 Å². The molecule has 0 spiro atoms. The van der Waals surface area contributed by atoms with Crippen molar-refractivity contribution in [2.24, 2.45) is 5.41 Å². The van der Waals surface area contributed by atoms with Crippen molar-refractivity contribution >= 4 is 16.0 Å². The molecular weight excluding hydrogens is 278 g/mol. The lowest BCUT2D eigenvalue weighted by Gasteiger charge is -2.38. The molecule has 1 fully saturated rings. The standard InChI is InChI=1S/C14H19NO4S/c1-14(7-2-8-14)10-15-20(18,19)12-5-3-11(4-6-12)9-13(16)17/h3-6,15H,2,7-10H2,1H3,(H,16,17). The first kappa shape index (κ1) is 15.0. The smallest absolute Gasteiger partial charge is 0.307 e. The summed E-state index contributed by atoms with van der Waals surface area (Å²) < 4.78 is 26.9. The van der Waals surface area contributed by atoms with Gasteiger partial charge in [-0.1, -0.05) is 25.5 Å². The summed E-state index contributed by atoms with van der Waals surface area (Å²) in [5.41, 5.74) is 0.665. The molecule has 0 radical (unpaired) electrons. The number of sulfonamides is 1. The van der Waals surface area contributed by atoms with Crippen molar-refractivity contribution in [2.45, 2.75) is 37.5 Å². The summed E-state index contributed by atoms with van der Waals surface area (Å²) >= 11 is 0. The van der Waals surface area contributed by atoms with Gasteiger partial charge in [0.15, 0.2) is 0 Å². The molecule has 0 heterocycles. The van der Waals surface area contributed by atoms with E-state index in [4.69, 9.17) is 5.11 Å². The van der Waals surface area contributed by atoms with Crippen molar-refractivity contribution in [1.82, 2.24) is 4.72 Å². The van der Waals surface area contributed by atoms with E-state index in [0.717, 1.165) is 19.3 Å². The Hall–Kier alpha value is -1.40. The molecule has 2 rings (SSSR count). The Balaban J connectivity index is 2.03. The molecule has 5 nitrogen and oxygen atoms in total. The van der Waals surface area contributed by atoms with Crippen LogP contribution in [0, 0.1) is 5.41 Å². The van der Waals surface area contributed by atoms with E-state index in [1.807, 2.05) is 0 Å². The highest BCUT2D eigenvalue weighted by atomic mass is 32.2. The Morgan fingerprint density at radius 3 is 2.35 bits per heavy atom. The van der Waals surface area contributed by atoms with Gasteiger partial charge in [0.2, 0.25) is 10.0 Å². The van der Waals surface area contributed by atoms with E-state index in [1.54, 1.807) is 0 Å². The number of carbonyl (C=O) groups is 1. The van der Waals surface area contributed by atoms with Crippen molar-refractivity contribution in [1.29, 1.82) is 0 Å². The average Bonchev–Trinajstić information content (AvgIpc) is 2.34. The third kappa shape index (κ3) is 3.58. The summed E-state index contributed by atoms with van der Waals surface area (Å²) in [7, 11) is -3.51. The van der Waals surface area contributed by atoms with Crippen LogP contribution in [0.25, 0.3) is 0 Å². The normalized spacial score (nSPS) is 17.4. The molecule has 1 aromatic carbocycles. The van der Waals surface area contributed by atoms with Crippen LogP contribution < -0.4 is 4.72 Å². The summed E-state index contributed by atoms with van der Waals surface area (Å²) in [5, 5.41) is 8.67. The predicted octanol–water partition coefficient (Wildman–Crippen LogP) is 1.78. The van der Waals surface area contributed by atoms with Gasteiger partial charge >= 0.3 is 5.97 Å². The summed E-state index contributed by atoms with van der Waals surface area (Å²) in [6, 6.07) is 5.97. The predicted molar refractivity (Wildman–Crippen MR) is 74.9 cm³/mol. The molecule has 2 N–H and O–H groups in total. The summed E-state index contributed by atoms with van der Waals surface area (Å²) in [6.07, 6.45) is 3.15. The van der Waals surface area contributed by atoms with Crippen LogP contribution >= 0.6 is 0 Å². The summed E-state index contributed by atoms with van der Waals surface area (Å²) in [5.74, 6) is -0.934. The highest BCUT2D eigenvalue weighted by molar-refractivity contribution is 7.89. The highest BCUT2D eigenvalue weighted by Gasteiger charge is 2.32. The minimum Gasteiger partial charge on any atom is -0.481 e. The zero-order valence-electron chi connectivity index (χ0n) is 11.4. The van der Waals surface area contributed by atoms with Crippen LogP contribution in [0.15, 0.2) is 29.2 Å². The number of hydrogen-bond acceptors (Lipinski definition) is 3. The molecule has 1 aliphatic rings. The third-order valence-corrected chi connectivity index (χ3v) is 5.26. The molecule has 1 saturated carbocycles. The minimum absolute atomic E-state index is 0.0797. The van der Waals surface area contributed by atoms with Gasteiger partial charge in [-0.05, 0) is 36.0 Å². The number of rotatable bonds is 6. The Labute approximate surface area is 119 Å². The molecule has 110 valence electrons. The van der Waals surface area contributed by atoms with Crippen LogP contribution in [0.5, 0.6) is 0 Å². The number of carboxylic acid groups (broad SMARTS) is 1. The van der Waals surface area contributed by atoms with Crippen LogP contribution in [-0.4, -0.2) is 26.0 Å². The van der Waals surface area contributed by atoms with Crippen LogP contribution in [-0.2, 0) is 21.2 Å². The molecule has 0 amide bonds. The van der Waals surface area contributed by atoms with Crippen molar-refractivity contribution in [3.8, 4) is 0 Å². The zero-order chi connectivity index (χ0) is 14.8. The van der Waals surface area contributed by atoms with Gasteiger partial charge < -0.3 is 5.11 Å². The van der Waals surface area contributed by atoms with Gasteiger partial charge in [0, 0.05) is 6.54 Å². The second-order valence-electron chi connectivity index (χ2n) is 5.70. The summed E-state index contributed by atoms with van der Waals surface area (Å²) in [6.45, 7) is 2.53. The minimum atomic E-state index is -3.51. The van der Waals surface area contributed by atoms with E-state index in [-0.39, 0.29) is 16.7 Å². The lowest BCUT2D eigenvalue weighted by atomic mass is 9.71. The molecule has 1 aliphatic carbocycles. The van der Waals surface area contributed by atoms with Gasteiger partial charge in [-0.3, -0.25) is 4.79 Å². The van der Waals surface area contributed by atoms with Gasteiger partial charge in [-0.2, -0.15) is 0 Å². The molecule has 0 unspecified atom stereocenters. The lowest BCUT2D eigenvalue weighted by Crippen LogP contribution is -2.39. The maximum absolute atomic E-state index is 12.1. The second kappa shape index (κ2) is 5.54. The highest BCUT2D eigenvalue weighted by Crippen LogP contribution is 2.39. The monoisotopic (exact) mass is 297 g/mol. The molecular formula is C14H19NO4S. The Bertz CT molecular complexity index is 588. The van der Waals surface area contributed by atoms with Gasteiger partial charge in [-0.15, -0.1) is 0 Å². The first-order valence-corrected chi connectivity index (χ1v) is 8.10. The molecule has 1 aromatic rings. The topological polar surface area (TPSA) is 83.5 Å². The zero-order valence-corrected chi connectivity index (χ0v) is 12.2. The molecule has 0 aliphatic heterocycles. The van der Waals surface area contributed by atoms with E-state index in [1.165, 1.54) is 24.3 Å². The number of carboxylic acids is 1. The maximum atomic E-state index is 12.1. The van der Waals surface area contributed by atoms with Crippen molar-refractivity contribution in [3.63, 3.8) is 0 Å². The fourth-order valence-electron chi connectivity index (χ4n) is 2.27. The Morgan fingerprint density at radius 2 is 1.90 bits per heavy atom. The first-order valence-electron chi connectivity index (χ1n) is 6.61. The number of nitrogens with one attached hydrogen (secondary N) is 1. The number of benzene rings is 1. The van der Waals surface area contributed by atoms with Gasteiger partial charge in [0.1, 0.15) is 0 Å². The first-order chi connectivity index (χ1) is 9.31. The Kier molecular flexibility index (Phi) is 4.15. The van der Waals surface area contributed by atoms with Crippen molar-refractivity contribution in [3.05, 3.63) is 29.8 Å². The van der Waals surface area contributed by atoms with E-state index in [2.05, 4.69) is 11.6 Å². The fraction of sp³-hybridized carbons (Fsp3) is 0.500. The maximum Gasteiger partial charge on any atom is 0.307 e. The van der Waals surface area contributed by atoms with Crippen molar-refractivity contribution < 1.29 is 18.3 Å². The number of aliphatic carboxylic acids is 1. The number of hydrogen-bond donors (Lipinski definition) is 2. The van der Waals surface area contributed by atoms with E-state index >= 15 is 0 Å². The van der Waals surface area contributed by atoms with Crippen LogP contribution in [0.2, 0.25) is 0 Å². The van der Waals surface area contributed by atoms with Gasteiger partial charge in [0.25, 0.3) is 0 Å².